The summed E-state index contributed by atoms with van der Waals surface area (Å²) in [6.45, 7) is 0. The minimum absolute atomic E-state index is 0.0694. The summed E-state index contributed by atoms with van der Waals surface area (Å²) in [5.74, 6) is -0.0343. The molecule has 0 radical (unpaired) electrons. The van der Waals surface area contributed by atoms with Crippen molar-refractivity contribution in [3.8, 4) is 0 Å². The summed E-state index contributed by atoms with van der Waals surface area (Å²) in [6, 6.07) is 0.212. The second kappa shape index (κ2) is 3.01. The van der Waals surface area contributed by atoms with E-state index in [9.17, 15) is 4.79 Å². The van der Waals surface area contributed by atoms with E-state index in [1.807, 2.05) is 0 Å². The van der Waals surface area contributed by atoms with Gasteiger partial charge in [-0.1, -0.05) is 0 Å². The Hall–Kier alpha value is -0.570. The standard InChI is InChI=1S/C7H13NO2/c1-10-7(9)5-2-3-6(8)4-5/h5-6H,2-4,8H2,1H3/t5?,6-/m1/s1. The van der Waals surface area contributed by atoms with E-state index in [1.54, 1.807) is 0 Å². The van der Waals surface area contributed by atoms with Crippen molar-refractivity contribution in [3.05, 3.63) is 0 Å². The molecular formula is C7H13NO2. The Morgan fingerprint density at radius 1 is 1.60 bits per heavy atom. The van der Waals surface area contributed by atoms with E-state index in [2.05, 4.69) is 4.74 Å². The van der Waals surface area contributed by atoms with Gasteiger partial charge in [-0.3, -0.25) is 4.79 Å². The molecule has 0 saturated heterocycles. The molecule has 2 N–H and O–H groups in total. The Morgan fingerprint density at radius 2 is 2.30 bits per heavy atom. The first kappa shape index (κ1) is 7.54. The minimum Gasteiger partial charge on any atom is -0.469 e. The first-order valence-electron chi connectivity index (χ1n) is 3.57. The van der Waals surface area contributed by atoms with Gasteiger partial charge in [-0.05, 0) is 19.3 Å². The lowest BCUT2D eigenvalue weighted by Crippen LogP contribution is -2.18. The molecule has 1 rings (SSSR count). The molecule has 0 aromatic carbocycles. The maximum atomic E-state index is 10.9. The van der Waals surface area contributed by atoms with E-state index < -0.39 is 0 Å². The highest BCUT2D eigenvalue weighted by molar-refractivity contribution is 5.72. The highest BCUT2D eigenvalue weighted by Crippen LogP contribution is 2.24. The summed E-state index contributed by atoms with van der Waals surface area (Å²) in [5.41, 5.74) is 5.61. The van der Waals surface area contributed by atoms with Crippen LogP contribution in [0.15, 0.2) is 0 Å². The minimum atomic E-state index is -0.104. The van der Waals surface area contributed by atoms with Crippen LogP contribution in [0.2, 0.25) is 0 Å². The zero-order valence-electron chi connectivity index (χ0n) is 6.17. The predicted octanol–water partition coefficient (Wildman–Crippen LogP) is 0.287. The Labute approximate surface area is 60.5 Å². The number of nitrogens with two attached hydrogens (primary N) is 1. The van der Waals surface area contributed by atoms with Crippen LogP contribution in [-0.2, 0) is 9.53 Å². The molecule has 0 aromatic rings. The predicted molar refractivity (Wildman–Crippen MR) is 37.3 cm³/mol. The fraction of sp³-hybridized carbons (Fsp3) is 0.857. The zero-order valence-corrected chi connectivity index (χ0v) is 6.17. The molecule has 2 atom stereocenters. The van der Waals surface area contributed by atoms with Crippen LogP contribution in [0.3, 0.4) is 0 Å². The van der Waals surface area contributed by atoms with Crippen LogP contribution >= 0.6 is 0 Å². The lowest BCUT2D eigenvalue weighted by molar-refractivity contribution is -0.145. The number of hydrogen-bond acceptors (Lipinski definition) is 3. The molecule has 0 aliphatic heterocycles. The fourth-order valence-electron chi connectivity index (χ4n) is 1.40. The zero-order chi connectivity index (χ0) is 7.56. The lowest BCUT2D eigenvalue weighted by atomic mass is 10.1. The normalized spacial score (nSPS) is 32.2. The van der Waals surface area contributed by atoms with Crippen LogP contribution in [0.5, 0.6) is 0 Å². The smallest absolute Gasteiger partial charge is 0.308 e. The summed E-state index contributed by atoms with van der Waals surface area (Å²) in [5, 5.41) is 0. The number of rotatable bonds is 1. The van der Waals surface area contributed by atoms with Gasteiger partial charge in [-0.15, -0.1) is 0 Å². The maximum Gasteiger partial charge on any atom is 0.308 e. The van der Waals surface area contributed by atoms with Gasteiger partial charge in [0.2, 0.25) is 0 Å². The molecule has 58 valence electrons. The van der Waals surface area contributed by atoms with Crippen molar-refractivity contribution in [3.63, 3.8) is 0 Å². The van der Waals surface area contributed by atoms with Gasteiger partial charge < -0.3 is 10.5 Å². The summed E-state index contributed by atoms with van der Waals surface area (Å²) < 4.78 is 4.59. The lowest BCUT2D eigenvalue weighted by Gasteiger charge is -2.04. The summed E-state index contributed by atoms with van der Waals surface area (Å²) in [4.78, 5) is 10.9. The van der Waals surface area contributed by atoms with E-state index in [4.69, 9.17) is 5.73 Å². The highest BCUT2D eigenvalue weighted by Gasteiger charge is 2.27. The van der Waals surface area contributed by atoms with Gasteiger partial charge in [0.1, 0.15) is 0 Å². The second-order valence-electron chi connectivity index (χ2n) is 2.79. The Bertz CT molecular complexity index is 136. The molecule has 0 heterocycles. The van der Waals surface area contributed by atoms with Gasteiger partial charge in [0.25, 0.3) is 0 Å². The molecule has 0 spiro atoms. The van der Waals surface area contributed by atoms with Crippen LogP contribution in [0.1, 0.15) is 19.3 Å². The monoisotopic (exact) mass is 143 g/mol. The number of carbonyl (C=O) groups excluding carboxylic acids is 1. The van der Waals surface area contributed by atoms with E-state index >= 15 is 0 Å². The number of methoxy groups -OCH3 is 1. The third-order valence-electron chi connectivity index (χ3n) is 2.01. The van der Waals surface area contributed by atoms with Crippen molar-refractivity contribution in [2.24, 2.45) is 11.7 Å². The Morgan fingerprint density at radius 3 is 2.70 bits per heavy atom. The molecule has 1 aliphatic rings. The molecule has 1 saturated carbocycles. The third kappa shape index (κ3) is 1.48. The first-order valence-corrected chi connectivity index (χ1v) is 3.57. The number of ether oxygens (including phenoxy) is 1. The number of esters is 1. The maximum absolute atomic E-state index is 10.9. The average molecular weight is 143 g/mol. The number of hydrogen-bond donors (Lipinski definition) is 1. The molecule has 10 heavy (non-hydrogen) atoms. The summed E-state index contributed by atoms with van der Waals surface area (Å²) in [6.07, 6.45) is 2.65. The molecular weight excluding hydrogens is 130 g/mol. The summed E-state index contributed by atoms with van der Waals surface area (Å²) in [7, 11) is 1.42. The molecule has 1 aliphatic carbocycles. The van der Waals surface area contributed by atoms with Crippen molar-refractivity contribution in [2.75, 3.05) is 7.11 Å². The largest absolute Gasteiger partial charge is 0.469 e. The van der Waals surface area contributed by atoms with Crippen molar-refractivity contribution < 1.29 is 9.53 Å². The first-order chi connectivity index (χ1) is 4.74. The van der Waals surface area contributed by atoms with Gasteiger partial charge in [0.05, 0.1) is 13.0 Å². The summed E-state index contributed by atoms with van der Waals surface area (Å²) >= 11 is 0. The van der Waals surface area contributed by atoms with Crippen molar-refractivity contribution >= 4 is 5.97 Å². The quantitative estimate of drug-likeness (QED) is 0.537. The van der Waals surface area contributed by atoms with Gasteiger partial charge in [0.15, 0.2) is 0 Å². The van der Waals surface area contributed by atoms with E-state index in [0.717, 1.165) is 19.3 Å². The van der Waals surface area contributed by atoms with Crippen LogP contribution < -0.4 is 5.73 Å². The van der Waals surface area contributed by atoms with Gasteiger partial charge in [-0.2, -0.15) is 0 Å². The van der Waals surface area contributed by atoms with Crippen molar-refractivity contribution in [1.82, 2.24) is 0 Å². The average Bonchev–Trinajstić information content (AvgIpc) is 2.34. The van der Waals surface area contributed by atoms with Crippen LogP contribution in [0.25, 0.3) is 0 Å². The van der Waals surface area contributed by atoms with Crippen LogP contribution in [0.4, 0.5) is 0 Å². The van der Waals surface area contributed by atoms with Gasteiger partial charge >= 0.3 is 5.97 Å². The molecule has 0 bridgehead atoms. The molecule has 1 fully saturated rings. The second-order valence-corrected chi connectivity index (χ2v) is 2.79. The molecule has 1 unspecified atom stereocenters. The van der Waals surface area contributed by atoms with E-state index in [1.165, 1.54) is 7.11 Å². The van der Waals surface area contributed by atoms with Crippen molar-refractivity contribution in [2.45, 2.75) is 25.3 Å². The fourth-order valence-corrected chi connectivity index (χ4v) is 1.40. The SMILES string of the molecule is COC(=O)C1CC[C@@H](N)C1. The topological polar surface area (TPSA) is 52.3 Å². The van der Waals surface area contributed by atoms with Crippen LogP contribution in [0, 0.1) is 5.92 Å². The van der Waals surface area contributed by atoms with E-state index in [-0.39, 0.29) is 17.9 Å². The van der Waals surface area contributed by atoms with Gasteiger partial charge in [-0.25, -0.2) is 0 Å². The van der Waals surface area contributed by atoms with E-state index in [0.29, 0.717) is 0 Å². The Balaban J connectivity index is 2.37. The molecule has 0 amide bonds. The highest BCUT2D eigenvalue weighted by atomic mass is 16.5. The molecule has 3 nitrogen and oxygen atoms in total. The third-order valence-corrected chi connectivity index (χ3v) is 2.01. The molecule has 0 aromatic heterocycles. The van der Waals surface area contributed by atoms with Crippen molar-refractivity contribution in [1.29, 1.82) is 0 Å². The molecule has 3 heteroatoms. The number of carbonyl (C=O) groups is 1. The van der Waals surface area contributed by atoms with Crippen LogP contribution in [-0.4, -0.2) is 19.1 Å². The Kier molecular flexibility index (Phi) is 2.27. The van der Waals surface area contributed by atoms with Gasteiger partial charge in [0, 0.05) is 6.04 Å².